The van der Waals surface area contributed by atoms with Crippen LogP contribution in [0.5, 0.6) is 0 Å². The summed E-state index contributed by atoms with van der Waals surface area (Å²) in [5.74, 6) is 6.90. The van der Waals surface area contributed by atoms with Gasteiger partial charge in [0.2, 0.25) is 0 Å². The van der Waals surface area contributed by atoms with Gasteiger partial charge in [-0.15, -0.1) is 11.8 Å². The summed E-state index contributed by atoms with van der Waals surface area (Å²) >= 11 is 0. The molecule has 13 heavy (non-hydrogen) atoms. The van der Waals surface area contributed by atoms with Gasteiger partial charge < -0.3 is 9.73 Å². The van der Waals surface area contributed by atoms with E-state index < -0.39 is 0 Å². The Kier molecular flexibility index (Phi) is 4.14. The standard InChI is InChI=1S/C11H15NO/c1-3-5-7-10(12-4-2)11-8-6-9-13-11/h6,8-10,12H,4,7H2,1-2H3. The Morgan fingerprint density at radius 3 is 3.00 bits per heavy atom. The van der Waals surface area contributed by atoms with Crippen molar-refractivity contribution < 1.29 is 4.42 Å². The predicted octanol–water partition coefficient (Wildman–Crippen LogP) is 2.34. The van der Waals surface area contributed by atoms with Gasteiger partial charge in [0.15, 0.2) is 0 Å². The lowest BCUT2D eigenvalue weighted by Crippen LogP contribution is -2.19. The monoisotopic (exact) mass is 177 g/mol. The van der Waals surface area contributed by atoms with E-state index in [0.717, 1.165) is 18.7 Å². The number of rotatable bonds is 4. The van der Waals surface area contributed by atoms with Crippen LogP contribution in [-0.2, 0) is 0 Å². The lowest BCUT2D eigenvalue weighted by molar-refractivity contribution is 0.423. The zero-order valence-corrected chi connectivity index (χ0v) is 8.13. The fourth-order valence-corrected chi connectivity index (χ4v) is 1.21. The fraction of sp³-hybridized carbons (Fsp3) is 0.455. The first-order valence-corrected chi connectivity index (χ1v) is 4.54. The quantitative estimate of drug-likeness (QED) is 0.714. The van der Waals surface area contributed by atoms with E-state index in [1.54, 1.807) is 6.26 Å². The third-order valence-electron chi connectivity index (χ3n) is 1.82. The molecule has 1 N–H and O–H groups in total. The number of furan rings is 1. The third-order valence-corrected chi connectivity index (χ3v) is 1.82. The first-order valence-electron chi connectivity index (χ1n) is 4.54. The van der Waals surface area contributed by atoms with E-state index in [1.807, 2.05) is 19.1 Å². The second kappa shape index (κ2) is 5.45. The summed E-state index contributed by atoms with van der Waals surface area (Å²) in [6.07, 6.45) is 2.50. The molecule has 2 heteroatoms. The number of hydrogen-bond acceptors (Lipinski definition) is 2. The molecule has 0 amide bonds. The zero-order valence-electron chi connectivity index (χ0n) is 8.13. The van der Waals surface area contributed by atoms with Crippen molar-refractivity contribution in [2.45, 2.75) is 26.3 Å². The molecule has 1 heterocycles. The van der Waals surface area contributed by atoms with E-state index in [0.29, 0.717) is 0 Å². The van der Waals surface area contributed by atoms with E-state index in [1.165, 1.54) is 0 Å². The lowest BCUT2D eigenvalue weighted by Gasteiger charge is -2.11. The maximum atomic E-state index is 5.31. The second-order valence-corrected chi connectivity index (χ2v) is 2.76. The Bertz CT molecular complexity index is 279. The molecule has 1 aromatic heterocycles. The highest BCUT2D eigenvalue weighted by atomic mass is 16.3. The van der Waals surface area contributed by atoms with Crippen molar-refractivity contribution >= 4 is 0 Å². The van der Waals surface area contributed by atoms with Crippen LogP contribution in [0.3, 0.4) is 0 Å². The Balaban J connectivity index is 2.60. The molecular weight excluding hydrogens is 162 g/mol. The van der Waals surface area contributed by atoms with E-state index in [4.69, 9.17) is 4.42 Å². The minimum atomic E-state index is 0.229. The van der Waals surface area contributed by atoms with Gasteiger partial charge >= 0.3 is 0 Å². The van der Waals surface area contributed by atoms with Crippen LogP contribution in [0, 0.1) is 11.8 Å². The molecule has 0 aliphatic carbocycles. The molecule has 0 radical (unpaired) electrons. The van der Waals surface area contributed by atoms with Crippen LogP contribution in [0.1, 0.15) is 32.1 Å². The van der Waals surface area contributed by atoms with Gasteiger partial charge in [0.05, 0.1) is 12.3 Å². The molecule has 70 valence electrons. The molecule has 0 spiro atoms. The smallest absolute Gasteiger partial charge is 0.121 e. The maximum Gasteiger partial charge on any atom is 0.121 e. The molecule has 1 unspecified atom stereocenters. The first-order chi connectivity index (χ1) is 6.38. The van der Waals surface area contributed by atoms with Crippen LogP contribution in [0.4, 0.5) is 0 Å². The average Bonchev–Trinajstić information content (AvgIpc) is 2.65. The lowest BCUT2D eigenvalue weighted by atomic mass is 10.1. The highest BCUT2D eigenvalue weighted by molar-refractivity contribution is 5.09. The molecule has 1 atom stereocenters. The Hall–Kier alpha value is -1.20. The summed E-state index contributed by atoms with van der Waals surface area (Å²) in [5, 5.41) is 3.32. The summed E-state index contributed by atoms with van der Waals surface area (Å²) in [6, 6.07) is 4.11. The van der Waals surface area contributed by atoms with E-state index in [9.17, 15) is 0 Å². The van der Waals surface area contributed by atoms with Gasteiger partial charge in [-0.25, -0.2) is 0 Å². The highest BCUT2D eigenvalue weighted by Gasteiger charge is 2.10. The minimum Gasteiger partial charge on any atom is -0.468 e. The summed E-state index contributed by atoms with van der Waals surface area (Å²) < 4.78 is 5.31. The van der Waals surface area contributed by atoms with Crippen LogP contribution in [-0.4, -0.2) is 6.54 Å². The molecule has 0 saturated carbocycles. The van der Waals surface area contributed by atoms with Gasteiger partial charge in [0.1, 0.15) is 5.76 Å². The van der Waals surface area contributed by atoms with Gasteiger partial charge in [-0.3, -0.25) is 0 Å². The molecule has 1 aromatic rings. The van der Waals surface area contributed by atoms with Crippen molar-refractivity contribution in [2.24, 2.45) is 0 Å². The molecule has 0 aliphatic heterocycles. The molecule has 0 saturated heterocycles. The van der Waals surface area contributed by atoms with E-state index >= 15 is 0 Å². The molecular formula is C11H15NO. The third kappa shape index (κ3) is 2.96. The van der Waals surface area contributed by atoms with Crippen LogP contribution < -0.4 is 5.32 Å². The van der Waals surface area contributed by atoms with Crippen molar-refractivity contribution in [1.82, 2.24) is 5.32 Å². The normalized spacial score (nSPS) is 11.8. The maximum absolute atomic E-state index is 5.31. The second-order valence-electron chi connectivity index (χ2n) is 2.76. The van der Waals surface area contributed by atoms with Crippen molar-refractivity contribution in [3.05, 3.63) is 24.2 Å². The van der Waals surface area contributed by atoms with Gasteiger partial charge in [-0.1, -0.05) is 6.92 Å². The molecule has 1 rings (SSSR count). The van der Waals surface area contributed by atoms with Crippen LogP contribution in [0.25, 0.3) is 0 Å². The summed E-state index contributed by atoms with van der Waals surface area (Å²) in [7, 11) is 0. The number of hydrogen-bond donors (Lipinski definition) is 1. The molecule has 0 bridgehead atoms. The van der Waals surface area contributed by atoms with Crippen molar-refractivity contribution in [2.75, 3.05) is 6.54 Å². The fourth-order valence-electron chi connectivity index (χ4n) is 1.21. The topological polar surface area (TPSA) is 25.2 Å². The molecule has 2 nitrogen and oxygen atoms in total. The van der Waals surface area contributed by atoms with Crippen LogP contribution >= 0.6 is 0 Å². The summed E-state index contributed by atoms with van der Waals surface area (Å²) in [4.78, 5) is 0. The largest absolute Gasteiger partial charge is 0.468 e. The first kappa shape index (κ1) is 9.88. The molecule has 0 fully saturated rings. The highest BCUT2D eigenvalue weighted by Crippen LogP contribution is 2.16. The Labute approximate surface area is 79.3 Å². The Morgan fingerprint density at radius 2 is 2.46 bits per heavy atom. The number of nitrogens with one attached hydrogen (secondary N) is 1. The van der Waals surface area contributed by atoms with Crippen molar-refractivity contribution in [3.8, 4) is 11.8 Å². The van der Waals surface area contributed by atoms with Crippen LogP contribution in [0.2, 0.25) is 0 Å². The molecule has 0 aliphatic rings. The van der Waals surface area contributed by atoms with Gasteiger partial charge in [0, 0.05) is 6.42 Å². The molecule has 0 aromatic carbocycles. The van der Waals surface area contributed by atoms with Gasteiger partial charge in [-0.05, 0) is 25.6 Å². The zero-order chi connectivity index (χ0) is 9.52. The SMILES string of the molecule is CC#CCC(NCC)c1ccco1. The van der Waals surface area contributed by atoms with Gasteiger partial charge in [0.25, 0.3) is 0 Å². The summed E-state index contributed by atoms with van der Waals surface area (Å²) in [6.45, 7) is 4.86. The Morgan fingerprint density at radius 1 is 1.62 bits per heavy atom. The van der Waals surface area contributed by atoms with Gasteiger partial charge in [-0.2, -0.15) is 0 Å². The minimum absolute atomic E-state index is 0.229. The summed E-state index contributed by atoms with van der Waals surface area (Å²) in [5.41, 5.74) is 0. The van der Waals surface area contributed by atoms with Crippen molar-refractivity contribution in [1.29, 1.82) is 0 Å². The average molecular weight is 177 g/mol. The predicted molar refractivity (Wildman–Crippen MR) is 53.2 cm³/mol. The van der Waals surface area contributed by atoms with E-state index in [-0.39, 0.29) is 6.04 Å². The van der Waals surface area contributed by atoms with Crippen molar-refractivity contribution in [3.63, 3.8) is 0 Å². The van der Waals surface area contributed by atoms with E-state index in [2.05, 4.69) is 24.1 Å². The van der Waals surface area contributed by atoms with Crippen LogP contribution in [0.15, 0.2) is 22.8 Å².